The molecular formula is C16H23NO. The highest BCUT2D eigenvalue weighted by Crippen LogP contribution is 2.30. The van der Waals surface area contributed by atoms with Gasteiger partial charge in [0.2, 0.25) is 0 Å². The first-order valence-electron chi connectivity index (χ1n) is 7.30. The molecule has 1 aliphatic carbocycles. The fourth-order valence-electron chi connectivity index (χ4n) is 2.72. The van der Waals surface area contributed by atoms with Crippen LogP contribution in [0.4, 0.5) is 0 Å². The molecule has 0 radical (unpaired) electrons. The van der Waals surface area contributed by atoms with E-state index in [0.29, 0.717) is 5.92 Å². The minimum absolute atomic E-state index is 0.683. The number of para-hydroxylation sites is 1. The van der Waals surface area contributed by atoms with Crippen molar-refractivity contribution in [1.29, 1.82) is 0 Å². The molecular weight excluding hydrogens is 222 g/mol. The van der Waals surface area contributed by atoms with E-state index in [2.05, 4.69) is 30.4 Å². The topological polar surface area (TPSA) is 21.3 Å². The SMILES string of the molecule is CC(CNC1CC1)Cc1cccc2c1OCCC2. The Bertz CT molecular complexity index is 412. The van der Waals surface area contributed by atoms with Crippen molar-refractivity contribution in [2.75, 3.05) is 13.2 Å². The molecule has 1 N–H and O–H groups in total. The summed E-state index contributed by atoms with van der Waals surface area (Å²) in [6.45, 7) is 4.35. The van der Waals surface area contributed by atoms with Crippen LogP contribution in [0.25, 0.3) is 0 Å². The molecule has 1 unspecified atom stereocenters. The zero-order valence-electron chi connectivity index (χ0n) is 11.2. The smallest absolute Gasteiger partial charge is 0.125 e. The molecule has 0 bridgehead atoms. The summed E-state index contributed by atoms with van der Waals surface area (Å²) in [5.74, 6) is 1.87. The molecule has 0 aromatic heterocycles. The first kappa shape index (κ1) is 12.0. The number of hydrogen-bond acceptors (Lipinski definition) is 2. The summed E-state index contributed by atoms with van der Waals surface area (Å²) in [5, 5.41) is 3.62. The van der Waals surface area contributed by atoms with Crippen molar-refractivity contribution in [2.45, 2.75) is 45.1 Å². The van der Waals surface area contributed by atoms with Gasteiger partial charge in [-0.15, -0.1) is 0 Å². The lowest BCUT2D eigenvalue weighted by Crippen LogP contribution is -2.24. The van der Waals surface area contributed by atoms with Crippen LogP contribution in [0.15, 0.2) is 18.2 Å². The molecule has 1 fully saturated rings. The van der Waals surface area contributed by atoms with Gasteiger partial charge in [-0.05, 0) is 55.7 Å². The molecule has 0 spiro atoms. The van der Waals surface area contributed by atoms with E-state index in [9.17, 15) is 0 Å². The zero-order valence-corrected chi connectivity index (χ0v) is 11.2. The van der Waals surface area contributed by atoms with Crippen LogP contribution in [-0.4, -0.2) is 19.2 Å². The number of ether oxygens (including phenoxy) is 1. The minimum atomic E-state index is 0.683. The van der Waals surface area contributed by atoms with Crippen molar-refractivity contribution in [3.8, 4) is 5.75 Å². The van der Waals surface area contributed by atoms with E-state index in [1.807, 2.05) is 0 Å². The van der Waals surface area contributed by atoms with Crippen molar-refractivity contribution < 1.29 is 4.74 Å². The highest BCUT2D eigenvalue weighted by atomic mass is 16.5. The monoisotopic (exact) mass is 245 g/mol. The highest BCUT2D eigenvalue weighted by molar-refractivity contribution is 5.43. The third-order valence-electron chi connectivity index (χ3n) is 3.92. The van der Waals surface area contributed by atoms with Gasteiger partial charge in [0.1, 0.15) is 5.75 Å². The van der Waals surface area contributed by atoms with E-state index in [1.165, 1.54) is 36.1 Å². The molecule has 2 aliphatic rings. The highest BCUT2D eigenvalue weighted by Gasteiger charge is 2.21. The second kappa shape index (κ2) is 5.31. The van der Waals surface area contributed by atoms with Gasteiger partial charge in [-0.3, -0.25) is 0 Å². The maximum atomic E-state index is 5.87. The van der Waals surface area contributed by atoms with Crippen LogP contribution in [0, 0.1) is 5.92 Å². The van der Waals surface area contributed by atoms with Gasteiger partial charge >= 0.3 is 0 Å². The molecule has 1 heterocycles. The average Bonchev–Trinajstić information content (AvgIpc) is 3.21. The molecule has 1 aromatic carbocycles. The number of nitrogens with one attached hydrogen (secondary N) is 1. The minimum Gasteiger partial charge on any atom is -0.493 e. The van der Waals surface area contributed by atoms with Crippen molar-refractivity contribution in [3.05, 3.63) is 29.3 Å². The standard InChI is InChI=1S/C16H23NO/c1-12(11-17-15-7-8-15)10-14-5-2-4-13-6-3-9-18-16(13)14/h2,4-5,12,15,17H,3,6-11H2,1H3. The summed E-state index contributed by atoms with van der Waals surface area (Å²) < 4.78 is 5.87. The summed E-state index contributed by atoms with van der Waals surface area (Å²) >= 11 is 0. The van der Waals surface area contributed by atoms with Gasteiger partial charge in [0.15, 0.2) is 0 Å². The Hall–Kier alpha value is -1.02. The Morgan fingerprint density at radius 1 is 1.39 bits per heavy atom. The Kier molecular flexibility index (Phi) is 3.55. The van der Waals surface area contributed by atoms with E-state index >= 15 is 0 Å². The molecule has 1 atom stereocenters. The van der Waals surface area contributed by atoms with Gasteiger partial charge in [-0.1, -0.05) is 25.1 Å². The number of aryl methyl sites for hydroxylation is 1. The first-order chi connectivity index (χ1) is 8.83. The van der Waals surface area contributed by atoms with E-state index in [4.69, 9.17) is 4.74 Å². The van der Waals surface area contributed by atoms with Gasteiger partial charge in [0.25, 0.3) is 0 Å². The molecule has 0 amide bonds. The normalized spacial score (nSPS) is 20.1. The number of rotatable bonds is 5. The van der Waals surface area contributed by atoms with E-state index < -0.39 is 0 Å². The number of fused-ring (bicyclic) bond motifs is 1. The summed E-state index contributed by atoms with van der Waals surface area (Å²) in [4.78, 5) is 0. The lowest BCUT2D eigenvalue weighted by Gasteiger charge is -2.22. The lowest BCUT2D eigenvalue weighted by molar-refractivity contribution is 0.283. The lowest BCUT2D eigenvalue weighted by atomic mass is 9.95. The maximum Gasteiger partial charge on any atom is 0.125 e. The summed E-state index contributed by atoms with van der Waals surface area (Å²) in [7, 11) is 0. The molecule has 18 heavy (non-hydrogen) atoms. The van der Waals surface area contributed by atoms with E-state index in [-0.39, 0.29) is 0 Å². The van der Waals surface area contributed by atoms with Crippen molar-refractivity contribution in [3.63, 3.8) is 0 Å². The Balaban J connectivity index is 1.63. The molecule has 3 rings (SSSR count). The number of hydrogen-bond donors (Lipinski definition) is 1. The third kappa shape index (κ3) is 2.86. The van der Waals surface area contributed by atoms with Crippen LogP contribution in [0.3, 0.4) is 0 Å². The van der Waals surface area contributed by atoms with Crippen LogP contribution in [0.5, 0.6) is 5.75 Å². The third-order valence-corrected chi connectivity index (χ3v) is 3.92. The van der Waals surface area contributed by atoms with Crippen molar-refractivity contribution >= 4 is 0 Å². The predicted molar refractivity (Wildman–Crippen MR) is 74.2 cm³/mol. The van der Waals surface area contributed by atoms with Crippen LogP contribution in [0.2, 0.25) is 0 Å². The average molecular weight is 245 g/mol. The Labute approximate surface area is 110 Å². The Morgan fingerprint density at radius 2 is 2.28 bits per heavy atom. The molecule has 1 saturated carbocycles. The van der Waals surface area contributed by atoms with Crippen molar-refractivity contribution in [2.24, 2.45) is 5.92 Å². The van der Waals surface area contributed by atoms with Gasteiger partial charge in [0.05, 0.1) is 6.61 Å². The van der Waals surface area contributed by atoms with E-state index in [1.54, 1.807) is 0 Å². The van der Waals surface area contributed by atoms with Crippen LogP contribution < -0.4 is 10.1 Å². The first-order valence-corrected chi connectivity index (χ1v) is 7.30. The fraction of sp³-hybridized carbons (Fsp3) is 0.625. The van der Waals surface area contributed by atoms with Crippen LogP contribution in [0.1, 0.15) is 37.3 Å². The molecule has 2 nitrogen and oxygen atoms in total. The van der Waals surface area contributed by atoms with Crippen molar-refractivity contribution in [1.82, 2.24) is 5.32 Å². The summed E-state index contributed by atoms with van der Waals surface area (Å²) in [5.41, 5.74) is 2.80. The summed E-state index contributed by atoms with van der Waals surface area (Å²) in [6.07, 6.45) is 6.21. The molecule has 1 aromatic rings. The maximum absolute atomic E-state index is 5.87. The zero-order chi connectivity index (χ0) is 12.4. The summed E-state index contributed by atoms with van der Waals surface area (Å²) in [6, 6.07) is 7.45. The second-order valence-electron chi connectivity index (χ2n) is 5.85. The predicted octanol–water partition coefficient (Wildman–Crippen LogP) is 2.94. The van der Waals surface area contributed by atoms with Gasteiger partial charge in [-0.2, -0.15) is 0 Å². The molecule has 98 valence electrons. The van der Waals surface area contributed by atoms with Crippen LogP contribution >= 0.6 is 0 Å². The molecule has 0 saturated heterocycles. The second-order valence-corrected chi connectivity index (χ2v) is 5.85. The van der Waals surface area contributed by atoms with Gasteiger partial charge in [0, 0.05) is 6.04 Å². The fourth-order valence-corrected chi connectivity index (χ4v) is 2.72. The molecule has 1 aliphatic heterocycles. The van der Waals surface area contributed by atoms with Crippen LogP contribution in [-0.2, 0) is 12.8 Å². The van der Waals surface area contributed by atoms with Gasteiger partial charge in [-0.25, -0.2) is 0 Å². The number of benzene rings is 1. The van der Waals surface area contributed by atoms with Gasteiger partial charge < -0.3 is 10.1 Å². The molecule has 2 heteroatoms. The quantitative estimate of drug-likeness (QED) is 0.861. The Morgan fingerprint density at radius 3 is 3.11 bits per heavy atom. The largest absolute Gasteiger partial charge is 0.493 e. The van der Waals surface area contributed by atoms with E-state index in [0.717, 1.165) is 32.0 Å².